The van der Waals surface area contributed by atoms with E-state index in [0.29, 0.717) is 25.6 Å². The van der Waals surface area contributed by atoms with E-state index in [1.165, 1.54) is 5.39 Å². The predicted molar refractivity (Wildman–Crippen MR) is 117 cm³/mol. The van der Waals surface area contributed by atoms with Crippen LogP contribution >= 0.6 is 0 Å². The lowest BCUT2D eigenvalue weighted by Crippen LogP contribution is -2.49. The van der Waals surface area contributed by atoms with Gasteiger partial charge in [0.2, 0.25) is 0 Å². The Bertz CT molecular complexity index is 980. The van der Waals surface area contributed by atoms with Crippen LogP contribution in [0.25, 0.3) is 22.0 Å². The standard InChI is InChI=1S/C24H27N3O2/c1-18(2)17-29-24(28)27-14-12-26(13-15-27)23-21-11-7-6-10-20(21)16-22(25-23)19-8-4-3-5-9-19/h3-11,16,18H,12-15,17H2,1-2H3. The van der Waals surface area contributed by atoms with Gasteiger partial charge in [-0.15, -0.1) is 0 Å². The number of carbonyl (C=O) groups excluding carboxylic acids is 1. The zero-order valence-corrected chi connectivity index (χ0v) is 17.0. The minimum absolute atomic E-state index is 0.214. The van der Waals surface area contributed by atoms with E-state index < -0.39 is 0 Å². The van der Waals surface area contributed by atoms with Gasteiger partial charge in [0, 0.05) is 37.1 Å². The van der Waals surface area contributed by atoms with Gasteiger partial charge in [0.15, 0.2) is 0 Å². The maximum absolute atomic E-state index is 12.3. The minimum atomic E-state index is -0.214. The topological polar surface area (TPSA) is 45.7 Å². The molecule has 0 unspecified atom stereocenters. The lowest BCUT2D eigenvalue weighted by Gasteiger charge is -2.35. The van der Waals surface area contributed by atoms with E-state index in [-0.39, 0.29) is 6.09 Å². The van der Waals surface area contributed by atoms with Crippen molar-refractivity contribution >= 4 is 22.7 Å². The van der Waals surface area contributed by atoms with Crippen LogP contribution in [0.3, 0.4) is 0 Å². The number of piperazine rings is 1. The third-order valence-corrected chi connectivity index (χ3v) is 5.17. The van der Waals surface area contributed by atoms with Gasteiger partial charge >= 0.3 is 6.09 Å². The predicted octanol–water partition coefficient (Wildman–Crippen LogP) is 4.82. The first-order valence-corrected chi connectivity index (χ1v) is 10.2. The third-order valence-electron chi connectivity index (χ3n) is 5.17. The highest BCUT2D eigenvalue weighted by Gasteiger charge is 2.24. The van der Waals surface area contributed by atoms with Crippen molar-refractivity contribution in [2.75, 3.05) is 37.7 Å². The van der Waals surface area contributed by atoms with Gasteiger partial charge in [-0.2, -0.15) is 0 Å². The van der Waals surface area contributed by atoms with Crippen molar-refractivity contribution in [2.24, 2.45) is 5.92 Å². The van der Waals surface area contributed by atoms with Gasteiger partial charge in [-0.25, -0.2) is 9.78 Å². The van der Waals surface area contributed by atoms with E-state index in [2.05, 4.69) is 47.4 Å². The summed E-state index contributed by atoms with van der Waals surface area (Å²) in [7, 11) is 0. The van der Waals surface area contributed by atoms with Crippen molar-refractivity contribution in [3.63, 3.8) is 0 Å². The van der Waals surface area contributed by atoms with E-state index in [1.807, 2.05) is 32.0 Å². The van der Waals surface area contributed by atoms with E-state index in [4.69, 9.17) is 9.72 Å². The Morgan fingerprint density at radius 1 is 1.00 bits per heavy atom. The number of carbonyl (C=O) groups is 1. The van der Waals surface area contributed by atoms with Crippen LogP contribution in [-0.2, 0) is 4.74 Å². The first-order chi connectivity index (χ1) is 14.1. The smallest absolute Gasteiger partial charge is 0.409 e. The van der Waals surface area contributed by atoms with Gasteiger partial charge in [0.1, 0.15) is 5.82 Å². The zero-order chi connectivity index (χ0) is 20.2. The van der Waals surface area contributed by atoms with Gasteiger partial charge in [0.05, 0.1) is 12.3 Å². The molecule has 0 saturated carbocycles. The molecule has 5 heteroatoms. The highest BCUT2D eigenvalue weighted by molar-refractivity contribution is 5.95. The molecule has 150 valence electrons. The van der Waals surface area contributed by atoms with Crippen molar-refractivity contribution in [1.82, 2.24) is 9.88 Å². The number of rotatable bonds is 4. The Morgan fingerprint density at radius 3 is 2.41 bits per heavy atom. The third kappa shape index (κ3) is 4.34. The molecule has 2 heterocycles. The highest BCUT2D eigenvalue weighted by atomic mass is 16.6. The van der Waals surface area contributed by atoms with E-state index >= 15 is 0 Å². The molecule has 0 spiro atoms. The van der Waals surface area contributed by atoms with Gasteiger partial charge in [-0.1, -0.05) is 68.4 Å². The first-order valence-electron chi connectivity index (χ1n) is 10.2. The molecule has 5 nitrogen and oxygen atoms in total. The number of anilines is 1. The summed E-state index contributed by atoms with van der Waals surface area (Å²) in [5, 5.41) is 2.32. The van der Waals surface area contributed by atoms with Crippen molar-refractivity contribution in [1.29, 1.82) is 0 Å². The molecule has 1 fully saturated rings. The lowest BCUT2D eigenvalue weighted by atomic mass is 10.1. The van der Waals surface area contributed by atoms with Gasteiger partial charge in [-0.3, -0.25) is 0 Å². The second-order valence-electron chi connectivity index (χ2n) is 7.86. The maximum Gasteiger partial charge on any atom is 0.409 e. The second-order valence-corrected chi connectivity index (χ2v) is 7.86. The molecular formula is C24H27N3O2. The number of hydrogen-bond donors (Lipinski definition) is 0. The molecule has 1 aliphatic heterocycles. The Hall–Kier alpha value is -3.08. The minimum Gasteiger partial charge on any atom is -0.449 e. The number of amides is 1. The van der Waals surface area contributed by atoms with Crippen molar-refractivity contribution in [3.8, 4) is 11.3 Å². The van der Waals surface area contributed by atoms with Gasteiger partial charge in [0.25, 0.3) is 0 Å². The van der Waals surface area contributed by atoms with Crippen LogP contribution in [0.15, 0.2) is 60.7 Å². The molecule has 29 heavy (non-hydrogen) atoms. The van der Waals surface area contributed by atoms with Crippen LogP contribution in [0.5, 0.6) is 0 Å². The number of ether oxygens (including phenoxy) is 1. The molecule has 4 rings (SSSR count). The average Bonchev–Trinajstić information content (AvgIpc) is 2.77. The normalized spacial score (nSPS) is 14.4. The van der Waals surface area contributed by atoms with Gasteiger partial charge in [-0.05, 0) is 17.4 Å². The molecule has 1 aromatic heterocycles. The molecule has 0 radical (unpaired) electrons. The van der Waals surface area contributed by atoms with Crippen LogP contribution in [0.1, 0.15) is 13.8 Å². The number of benzene rings is 2. The number of pyridine rings is 1. The molecule has 1 aliphatic rings. The summed E-state index contributed by atoms with van der Waals surface area (Å²) in [6.45, 7) is 7.32. The summed E-state index contributed by atoms with van der Waals surface area (Å²) in [5.41, 5.74) is 2.08. The molecule has 3 aromatic rings. The number of hydrogen-bond acceptors (Lipinski definition) is 4. The van der Waals surface area contributed by atoms with E-state index in [0.717, 1.165) is 35.6 Å². The Kier molecular flexibility index (Phi) is 5.65. The molecule has 1 saturated heterocycles. The summed E-state index contributed by atoms with van der Waals surface area (Å²) < 4.78 is 5.38. The molecule has 1 amide bonds. The number of aromatic nitrogens is 1. The fourth-order valence-electron chi connectivity index (χ4n) is 3.61. The van der Waals surface area contributed by atoms with Crippen molar-refractivity contribution in [3.05, 3.63) is 60.7 Å². The van der Waals surface area contributed by atoms with Crippen LogP contribution in [-0.4, -0.2) is 48.8 Å². The molecule has 0 aliphatic carbocycles. The highest BCUT2D eigenvalue weighted by Crippen LogP contribution is 2.30. The molecule has 0 atom stereocenters. The van der Waals surface area contributed by atoms with Crippen LogP contribution < -0.4 is 4.90 Å². The SMILES string of the molecule is CC(C)COC(=O)N1CCN(c2nc(-c3ccccc3)cc3ccccc23)CC1. The maximum atomic E-state index is 12.3. The summed E-state index contributed by atoms with van der Waals surface area (Å²) in [4.78, 5) is 21.4. The molecule has 0 N–H and O–H groups in total. The summed E-state index contributed by atoms with van der Waals surface area (Å²) in [5.74, 6) is 1.33. The van der Waals surface area contributed by atoms with E-state index in [1.54, 1.807) is 4.90 Å². The quantitative estimate of drug-likeness (QED) is 0.642. The number of fused-ring (bicyclic) bond motifs is 1. The largest absolute Gasteiger partial charge is 0.449 e. The molecular weight excluding hydrogens is 362 g/mol. The summed E-state index contributed by atoms with van der Waals surface area (Å²) >= 11 is 0. The van der Waals surface area contributed by atoms with Crippen LogP contribution in [0.4, 0.5) is 10.6 Å². The zero-order valence-electron chi connectivity index (χ0n) is 17.0. The average molecular weight is 389 g/mol. The second kappa shape index (κ2) is 8.52. The fourth-order valence-corrected chi connectivity index (χ4v) is 3.61. The van der Waals surface area contributed by atoms with Crippen LogP contribution in [0.2, 0.25) is 0 Å². The van der Waals surface area contributed by atoms with E-state index in [9.17, 15) is 4.79 Å². The van der Waals surface area contributed by atoms with Crippen molar-refractivity contribution in [2.45, 2.75) is 13.8 Å². The first kappa shape index (κ1) is 19.2. The van der Waals surface area contributed by atoms with Crippen LogP contribution in [0, 0.1) is 5.92 Å². The number of nitrogens with zero attached hydrogens (tertiary/aromatic N) is 3. The Labute approximate surface area is 171 Å². The lowest BCUT2D eigenvalue weighted by molar-refractivity contribution is 0.0901. The summed E-state index contributed by atoms with van der Waals surface area (Å²) in [6, 6.07) is 20.8. The molecule has 2 aromatic carbocycles. The summed E-state index contributed by atoms with van der Waals surface area (Å²) in [6.07, 6.45) is -0.214. The van der Waals surface area contributed by atoms with Crippen molar-refractivity contribution < 1.29 is 9.53 Å². The molecule has 0 bridgehead atoms. The monoisotopic (exact) mass is 389 g/mol. The van der Waals surface area contributed by atoms with Gasteiger partial charge < -0.3 is 14.5 Å². The fraction of sp³-hybridized carbons (Fsp3) is 0.333. The Morgan fingerprint density at radius 2 is 1.69 bits per heavy atom. The Balaban J connectivity index is 1.57.